The Balaban J connectivity index is 2.19. The zero-order valence-corrected chi connectivity index (χ0v) is 12.2. The van der Waals surface area contributed by atoms with Gasteiger partial charge < -0.3 is 5.73 Å². The van der Waals surface area contributed by atoms with Crippen LogP contribution in [-0.2, 0) is 0 Å². The summed E-state index contributed by atoms with van der Waals surface area (Å²) < 4.78 is 2.20. The van der Waals surface area contributed by atoms with E-state index in [1.165, 1.54) is 5.56 Å². The standard InChI is InChI=1S/C14H11BrN2S/c1-8-2-4-10(11(15)6-8)14-17-12-5-3-9(16)7-13(12)18-14/h2-7H,16H2,1H3. The van der Waals surface area contributed by atoms with Crippen molar-refractivity contribution in [3.05, 3.63) is 46.4 Å². The molecule has 4 heteroatoms. The minimum absolute atomic E-state index is 0.778. The molecule has 0 bridgehead atoms. The van der Waals surface area contributed by atoms with Crippen molar-refractivity contribution in [1.82, 2.24) is 4.98 Å². The Morgan fingerprint density at radius 3 is 2.78 bits per heavy atom. The van der Waals surface area contributed by atoms with Crippen molar-refractivity contribution in [2.24, 2.45) is 0 Å². The second kappa shape index (κ2) is 4.37. The van der Waals surface area contributed by atoms with Gasteiger partial charge in [-0.3, -0.25) is 0 Å². The van der Waals surface area contributed by atoms with Gasteiger partial charge in [0.1, 0.15) is 5.01 Å². The van der Waals surface area contributed by atoms with Crippen LogP contribution in [-0.4, -0.2) is 4.98 Å². The van der Waals surface area contributed by atoms with E-state index in [0.717, 1.165) is 30.9 Å². The Kier molecular flexibility index (Phi) is 2.84. The fraction of sp³-hybridized carbons (Fsp3) is 0.0714. The van der Waals surface area contributed by atoms with Crippen molar-refractivity contribution < 1.29 is 0 Å². The highest BCUT2D eigenvalue weighted by Crippen LogP contribution is 2.35. The first-order chi connectivity index (χ1) is 8.63. The minimum Gasteiger partial charge on any atom is -0.399 e. The zero-order chi connectivity index (χ0) is 12.7. The van der Waals surface area contributed by atoms with Crippen molar-refractivity contribution in [2.75, 3.05) is 5.73 Å². The maximum atomic E-state index is 5.79. The molecule has 90 valence electrons. The second-order valence-electron chi connectivity index (χ2n) is 4.23. The Hall–Kier alpha value is -1.39. The second-order valence-corrected chi connectivity index (χ2v) is 6.11. The predicted octanol–water partition coefficient (Wildman–Crippen LogP) is 4.62. The van der Waals surface area contributed by atoms with Crippen LogP contribution in [0.25, 0.3) is 20.8 Å². The third-order valence-electron chi connectivity index (χ3n) is 2.77. The molecule has 0 aliphatic carbocycles. The lowest BCUT2D eigenvalue weighted by atomic mass is 10.2. The van der Waals surface area contributed by atoms with Crippen LogP contribution in [0.3, 0.4) is 0 Å². The van der Waals surface area contributed by atoms with Gasteiger partial charge in [0, 0.05) is 15.7 Å². The van der Waals surface area contributed by atoms with Gasteiger partial charge in [-0.2, -0.15) is 0 Å². The molecule has 3 aromatic rings. The molecular formula is C14H11BrN2S. The molecule has 0 radical (unpaired) electrons. The number of aryl methyl sites for hydroxylation is 1. The minimum atomic E-state index is 0.778. The van der Waals surface area contributed by atoms with Gasteiger partial charge in [-0.05, 0) is 36.8 Å². The number of fused-ring (bicyclic) bond motifs is 1. The van der Waals surface area contributed by atoms with Gasteiger partial charge in [0.15, 0.2) is 0 Å². The maximum absolute atomic E-state index is 5.79. The molecule has 18 heavy (non-hydrogen) atoms. The summed E-state index contributed by atoms with van der Waals surface area (Å²) in [6, 6.07) is 12.1. The zero-order valence-electron chi connectivity index (χ0n) is 9.77. The van der Waals surface area contributed by atoms with Gasteiger partial charge in [0.25, 0.3) is 0 Å². The van der Waals surface area contributed by atoms with E-state index in [9.17, 15) is 0 Å². The molecule has 0 amide bonds. The average Bonchev–Trinajstić information content (AvgIpc) is 2.71. The monoisotopic (exact) mass is 318 g/mol. The summed E-state index contributed by atoms with van der Waals surface area (Å²) in [5.74, 6) is 0. The predicted molar refractivity (Wildman–Crippen MR) is 81.9 cm³/mol. The molecule has 0 atom stereocenters. The number of aromatic nitrogens is 1. The summed E-state index contributed by atoms with van der Waals surface area (Å²) in [5.41, 5.74) is 9.92. The Bertz CT molecular complexity index is 734. The number of nitrogens with zero attached hydrogens (tertiary/aromatic N) is 1. The summed E-state index contributed by atoms with van der Waals surface area (Å²) >= 11 is 5.26. The number of hydrogen-bond acceptors (Lipinski definition) is 3. The van der Waals surface area contributed by atoms with Crippen LogP contribution in [0.4, 0.5) is 5.69 Å². The van der Waals surface area contributed by atoms with E-state index in [2.05, 4.69) is 46.0 Å². The Morgan fingerprint density at radius 1 is 1.17 bits per heavy atom. The molecule has 0 aliphatic rings. The molecule has 0 spiro atoms. The third-order valence-corrected chi connectivity index (χ3v) is 4.48. The van der Waals surface area contributed by atoms with Gasteiger partial charge >= 0.3 is 0 Å². The molecule has 0 unspecified atom stereocenters. The van der Waals surface area contributed by atoms with Crippen LogP contribution in [0, 0.1) is 6.92 Å². The molecule has 0 aliphatic heterocycles. The maximum Gasteiger partial charge on any atom is 0.125 e. The number of nitrogen functional groups attached to an aromatic ring is 1. The van der Waals surface area contributed by atoms with Crippen molar-refractivity contribution in [3.63, 3.8) is 0 Å². The number of halogens is 1. The molecule has 1 heterocycles. The summed E-state index contributed by atoms with van der Waals surface area (Å²) in [6.45, 7) is 2.08. The van der Waals surface area contributed by atoms with Crippen LogP contribution in [0.1, 0.15) is 5.56 Å². The molecule has 1 aromatic heterocycles. The van der Waals surface area contributed by atoms with Gasteiger partial charge in [-0.25, -0.2) is 4.98 Å². The number of rotatable bonds is 1. The summed E-state index contributed by atoms with van der Waals surface area (Å²) in [7, 11) is 0. The van der Waals surface area contributed by atoms with Crippen LogP contribution in [0.2, 0.25) is 0 Å². The third kappa shape index (κ3) is 2.02. The van der Waals surface area contributed by atoms with E-state index < -0.39 is 0 Å². The molecular weight excluding hydrogens is 308 g/mol. The van der Waals surface area contributed by atoms with E-state index in [-0.39, 0.29) is 0 Å². The molecule has 0 saturated heterocycles. The molecule has 2 aromatic carbocycles. The summed E-state index contributed by atoms with van der Waals surface area (Å²) in [6.07, 6.45) is 0. The topological polar surface area (TPSA) is 38.9 Å². The highest BCUT2D eigenvalue weighted by molar-refractivity contribution is 9.10. The van der Waals surface area contributed by atoms with Gasteiger partial charge in [-0.1, -0.05) is 28.1 Å². The number of thiazole rings is 1. The molecule has 3 rings (SSSR count). The van der Waals surface area contributed by atoms with E-state index in [1.807, 2.05) is 18.2 Å². The van der Waals surface area contributed by atoms with E-state index >= 15 is 0 Å². The number of benzene rings is 2. The smallest absolute Gasteiger partial charge is 0.125 e. The lowest BCUT2D eigenvalue weighted by molar-refractivity contribution is 1.42. The van der Waals surface area contributed by atoms with Crippen LogP contribution >= 0.6 is 27.3 Å². The van der Waals surface area contributed by atoms with Gasteiger partial charge in [-0.15, -0.1) is 11.3 Å². The Morgan fingerprint density at radius 2 is 2.00 bits per heavy atom. The van der Waals surface area contributed by atoms with Crippen LogP contribution in [0.5, 0.6) is 0 Å². The van der Waals surface area contributed by atoms with E-state index in [1.54, 1.807) is 11.3 Å². The van der Waals surface area contributed by atoms with E-state index in [0.29, 0.717) is 0 Å². The molecule has 2 nitrogen and oxygen atoms in total. The molecule has 0 saturated carbocycles. The summed E-state index contributed by atoms with van der Waals surface area (Å²) in [4.78, 5) is 4.65. The van der Waals surface area contributed by atoms with Crippen LogP contribution < -0.4 is 5.73 Å². The number of anilines is 1. The lowest BCUT2D eigenvalue weighted by Gasteiger charge is -2.01. The first kappa shape index (κ1) is 11.7. The average molecular weight is 319 g/mol. The van der Waals surface area contributed by atoms with E-state index in [4.69, 9.17) is 5.73 Å². The highest BCUT2D eigenvalue weighted by Gasteiger charge is 2.09. The highest BCUT2D eigenvalue weighted by atomic mass is 79.9. The molecule has 0 fully saturated rings. The lowest BCUT2D eigenvalue weighted by Crippen LogP contribution is -1.81. The SMILES string of the molecule is Cc1ccc(-c2nc3ccc(N)cc3s2)c(Br)c1. The van der Waals surface area contributed by atoms with Gasteiger partial charge in [0.2, 0.25) is 0 Å². The normalized spacial score (nSPS) is 11.0. The van der Waals surface area contributed by atoms with Crippen molar-refractivity contribution in [2.45, 2.75) is 6.92 Å². The van der Waals surface area contributed by atoms with Gasteiger partial charge in [0.05, 0.1) is 10.2 Å². The molecule has 2 N–H and O–H groups in total. The first-order valence-corrected chi connectivity index (χ1v) is 7.17. The fourth-order valence-electron chi connectivity index (χ4n) is 1.85. The van der Waals surface area contributed by atoms with Crippen molar-refractivity contribution in [3.8, 4) is 10.6 Å². The first-order valence-electron chi connectivity index (χ1n) is 5.56. The van der Waals surface area contributed by atoms with Crippen molar-refractivity contribution >= 4 is 43.2 Å². The summed E-state index contributed by atoms with van der Waals surface area (Å²) in [5, 5.41) is 1.02. The van der Waals surface area contributed by atoms with Crippen molar-refractivity contribution in [1.29, 1.82) is 0 Å². The Labute approximate surface area is 118 Å². The fourth-order valence-corrected chi connectivity index (χ4v) is 3.72. The number of hydrogen-bond donors (Lipinski definition) is 1. The van der Waals surface area contributed by atoms with Crippen LogP contribution in [0.15, 0.2) is 40.9 Å². The number of nitrogens with two attached hydrogens (primary N) is 1. The quantitative estimate of drug-likeness (QED) is 0.665. The largest absolute Gasteiger partial charge is 0.399 e.